The Morgan fingerprint density at radius 3 is 2.34 bits per heavy atom. The van der Waals surface area contributed by atoms with Gasteiger partial charge in [-0.3, -0.25) is 4.79 Å². The molecule has 1 aliphatic rings. The standard InChI is InChI=1S/C24H33N3O2/c1-5-29-22-9-7-6-8-21(22)27-16-14-26(15-17-27)18-23(28)25-20-12-10-19(11-13-20)24(2,3)4/h6-13H,5,14-18H2,1-4H3,(H,25,28)/p+1. The molecule has 1 aliphatic heterocycles. The molecule has 0 unspecified atom stereocenters. The molecule has 0 spiro atoms. The second kappa shape index (κ2) is 9.31. The molecule has 156 valence electrons. The number of piperazine rings is 1. The number of amides is 1. The van der Waals surface area contributed by atoms with E-state index in [1.165, 1.54) is 10.5 Å². The minimum absolute atomic E-state index is 0.0756. The molecular weight excluding hydrogens is 362 g/mol. The van der Waals surface area contributed by atoms with Crippen LogP contribution in [0.25, 0.3) is 0 Å². The summed E-state index contributed by atoms with van der Waals surface area (Å²) in [5.41, 5.74) is 3.40. The van der Waals surface area contributed by atoms with Crippen LogP contribution in [0.1, 0.15) is 33.3 Å². The van der Waals surface area contributed by atoms with Crippen LogP contribution in [0.2, 0.25) is 0 Å². The number of benzene rings is 2. The van der Waals surface area contributed by atoms with Gasteiger partial charge in [-0.15, -0.1) is 0 Å². The molecule has 0 aromatic heterocycles. The van der Waals surface area contributed by atoms with Gasteiger partial charge in [-0.05, 0) is 42.2 Å². The van der Waals surface area contributed by atoms with Crippen molar-refractivity contribution < 1.29 is 14.4 Å². The zero-order valence-corrected chi connectivity index (χ0v) is 18.1. The first-order chi connectivity index (χ1) is 13.9. The van der Waals surface area contributed by atoms with Gasteiger partial charge in [0.2, 0.25) is 0 Å². The maximum atomic E-state index is 12.5. The Labute approximate surface area is 174 Å². The number of hydrogen-bond donors (Lipinski definition) is 2. The monoisotopic (exact) mass is 396 g/mol. The third-order valence-electron chi connectivity index (χ3n) is 5.42. The van der Waals surface area contributed by atoms with Gasteiger partial charge in [0.15, 0.2) is 6.54 Å². The summed E-state index contributed by atoms with van der Waals surface area (Å²) in [6.07, 6.45) is 0. The minimum atomic E-state index is 0.0756. The summed E-state index contributed by atoms with van der Waals surface area (Å²) < 4.78 is 5.76. The van der Waals surface area contributed by atoms with Crippen LogP contribution in [-0.4, -0.2) is 45.2 Å². The summed E-state index contributed by atoms with van der Waals surface area (Å²) in [5, 5.41) is 3.04. The third kappa shape index (κ3) is 5.73. The van der Waals surface area contributed by atoms with Gasteiger partial charge in [0.1, 0.15) is 5.75 Å². The number of anilines is 2. The van der Waals surface area contributed by atoms with Crippen LogP contribution in [0.4, 0.5) is 11.4 Å². The molecule has 3 rings (SSSR count). The minimum Gasteiger partial charge on any atom is -0.492 e. The first-order valence-electron chi connectivity index (χ1n) is 10.6. The predicted octanol–water partition coefficient (Wildman–Crippen LogP) is 2.73. The van der Waals surface area contributed by atoms with Gasteiger partial charge in [-0.2, -0.15) is 0 Å². The van der Waals surface area contributed by atoms with Gasteiger partial charge in [0, 0.05) is 5.69 Å². The number of nitrogens with zero attached hydrogens (tertiary/aromatic N) is 1. The van der Waals surface area contributed by atoms with Crippen molar-refractivity contribution in [2.75, 3.05) is 49.5 Å². The van der Waals surface area contributed by atoms with E-state index >= 15 is 0 Å². The van der Waals surface area contributed by atoms with Crippen LogP contribution >= 0.6 is 0 Å². The molecule has 0 radical (unpaired) electrons. The predicted molar refractivity (Wildman–Crippen MR) is 119 cm³/mol. The van der Waals surface area contributed by atoms with E-state index in [-0.39, 0.29) is 11.3 Å². The first kappa shape index (κ1) is 21.2. The van der Waals surface area contributed by atoms with Crippen LogP contribution in [0.15, 0.2) is 48.5 Å². The van der Waals surface area contributed by atoms with E-state index in [2.05, 4.69) is 55.3 Å². The van der Waals surface area contributed by atoms with E-state index in [0.29, 0.717) is 13.2 Å². The van der Waals surface area contributed by atoms with E-state index < -0.39 is 0 Å². The number of rotatable bonds is 6. The van der Waals surface area contributed by atoms with Crippen molar-refractivity contribution in [2.45, 2.75) is 33.1 Å². The fourth-order valence-electron chi connectivity index (χ4n) is 3.72. The van der Waals surface area contributed by atoms with Gasteiger partial charge in [0.25, 0.3) is 5.91 Å². The number of ether oxygens (including phenoxy) is 1. The zero-order chi connectivity index (χ0) is 20.9. The van der Waals surface area contributed by atoms with Crippen molar-refractivity contribution in [3.63, 3.8) is 0 Å². The van der Waals surface area contributed by atoms with Gasteiger partial charge in [-0.1, -0.05) is 45.0 Å². The van der Waals surface area contributed by atoms with Gasteiger partial charge in [-0.25, -0.2) is 0 Å². The molecular formula is C24H34N3O2+. The SMILES string of the molecule is CCOc1ccccc1N1CC[NH+](CC(=O)Nc2ccc(C(C)(C)C)cc2)CC1. The highest BCUT2D eigenvalue weighted by Gasteiger charge is 2.24. The van der Waals surface area contributed by atoms with Gasteiger partial charge < -0.3 is 19.9 Å². The average molecular weight is 397 g/mol. The van der Waals surface area contributed by atoms with Crippen LogP contribution in [0.3, 0.4) is 0 Å². The normalized spacial score (nSPS) is 15.2. The number of carbonyl (C=O) groups excluding carboxylic acids is 1. The maximum Gasteiger partial charge on any atom is 0.279 e. The summed E-state index contributed by atoms with van der Waals surface area (Å²) >= 11 is 0. The fraction of sp³-hybridized carbons (Fsp3) is 0.458. The van der Waals surface area contributed by atoms with Crippen molar-refractivity contribution in [3.8, 4) is 5.75 Å². The lowest BCUT2D eigenvalue weighted by atomic mass is 9.87. The zero-order valence-electron chi connectivity index (χ0n) is 18.1. The summed E-state index contributed by atoms with van der Waals surface area (Å²) in [5.74, 6) is 1.02. The van der Waals surface area contributed by atoms with E-state index in [0.717, 1.165) is 43.3 Å². The molecule has 2 aromatic carbocycles. The van der Waals surface area contributed by atoms with E-state index in [1.807, 2.05) is 31.2 Å². The molecule has 1 heterocycles. The molecule has 2 N–H and O–H groups in total. The van der Waals surface area contributed by atoms with Crippen LogP contribution in [-0.2, 0) is 10.2 Å². The molecule has 29 heavy (non-hydrogen) atoms. The number of carbonyl (C=O) groups is 1. The van der Waals surface area contributed by atoms with Gasteiger partial charge >= 0.3 is 0 Å². The van der Waals surface area contributed by atoms with E-state index in [4.69, 9.17) is 4.74 Å². The van der Waals surface area contributed by atoms with Crippen molar-refractivity contribution >= 4 is 17.3 Å². The van der Waals surface area contributed by atoms with Crippen LogP contribution < -0.4 is 19.9 Å². The first-order valence-corrected chi connectivity index (χ1v) is 10.6. The Morgan fingerprint density at radius 1 is 1.07 bits per heavy atom. The molecule has 0 aliphatic carbocycles. The van der Waals surface area contributed by atoms with Crippen molar-refractivity contribution in [3.05, 3.63) is 54.1 Å². The summed E-state index contributed by atoms with van der Waals surface area (Å²) in [6.45, 7) is 13.5. The van der Waals surface area contributed by atoms with Crippen LogP contribution in [0, 0.1) is 0 Å². The molecule has 5 heteroatoms. The molecule has 0 saturated carbocycles. The van der Waals surface area contributed by atoms with Crippen molar-refractivity contribution in [2.24, 2.45) is 0 Å². The molecule has 1 fully saturated rings. The number of para-hydroxylation sites is 2. The average Bonchev–Trinajstić information content (AvgIpc) is 2.69. The summed E-state index contributed by atoms with van der Waals surface area (Å²) in [7, 11) is 0. The second-order valence-electron chi connectivity index (χ2n) is 8.69. The molecule has 0 bridgehead atoms. The second-order valence-corrected chi connectivity index (χ2v) is 8.69. The maximum absolute atomic E-state index is 12.5. The Kier molecular flexibility index (Phi) is 6.80. The highest BCUT2D eigenvalue weighted by molar-refractivity contribution is 5.91. The Morgan fingerprint density at radius 2 is 1.72 bits per heavy atom. The topological polar surface area (TPSA) is 46.0 Å². The Bertz CT molecular complexity index is 804. The van der Waals surface area contributed by atoms with Gasteiger partial charge in [0.05, 0.1) is 38.5 Å². The number of nitrogens with one attached hydrogen (secondary N) is 2. The van der Waals surface area contributed by atoms with E-state index in [9.17, 15) is 4.79 Å². The fourth-order valence-corrected chi connectivity index (χ4v) is 3.72. The quantitative estimate of drug-likeness (QED) is 0.789. The largest absolute Gasteiger partial charge is 0.492 e. The number of hydrogen-bond acceptors (Lipinski definition) is 3. The Hall–Kier alpha value is -2.53. The third-order valence-corrected chi connectivity index (χ3v) is 5.42. The lowest BCUT2D eigenvalue weighted by Crippen LogP contribution is -3.15. The summed E-state index contributed by atoms with van der Waals surface area (Å²) in [6, 6.07) is 16.4. The molecule has 1 amide bonds. The Balaban J connectivity index is 1.50. The summed E-state index contributed by atoms with van der Waals surface area (Å²) in [4.78, 5) is 16.2. The van der Waals surface area contributed by atoms with Crippen LogP contribution in [0.5, 0.6) is 5.75 Å². The molecule has 2 aromatic rings. The molecule has 5 nitrogen and oxygen atoms in total. The molecule has 1 saturated heterocycles. The lowest BCUT2D eigenvalue weighted by Gasteiger charge is -2.34. The van der Waals surface area contributed by atoms with Crippen molar-refractivity contribution in [1.29, 1.82) is 0 Å². The highest BCUT2D eigenvalue weighted by Crippen LogP contribution is 2.28. The molecule has 0 atom stereocenters. The smallest absolute Gasteiger partial charge is 0.279 e. The van der Waals surface area contributed by atoms with E-state index in [1.54, 1.807) is 0 Å². The number of quaternary nitrogens is 1. The van der Waals surface area contributed by atoms with Crippen molar-refractivity contribution in [1.82, 2.24) is 0 Å². The highest BCUT2D eigenvalue weighted by atomic mass is 16.5. The lowest BCUT2D eigenvalue weighted by molar-refractivity contribution is -0.892.